The zero-order valence-electron chi connectivity index (χ0n) is 16.5. The lowest BCUT2D eigenvalue weighted by atomic mass is 9.49. The highest BCUT2D eigenvalue weighted by molar-refractivity contribution is 9.10. The van der Waals surface area contributed by atoms with Gasteiger partial charge in [-0.1, -0.05) is 0 Å². The van der Waals surface area contributed by atoms with E-state index in [9.17, 15) is 14.4 Å². The maximum Gasteiger partial charge on any atom is 0.317 e. The van der Waals surface area contributed by atoms with Gasteiger partial charge in [0.2, 0.25) is 0 Å². The van der Waals surface area contributed by atoms with Gasteiger partial charge in [-0.2, -0.15) is 0 Å². The summed E-state index contributed by atoms with van der Waals surface area (Å²) >= 11 is 4.35. The molecule has 2 amide bonds. The molecule has 4 aliphatic carbocycles. The Morgan fingerprint density at radius 3 is 2.33 bits per heavy atom. The molecular formula is C22H22BrNO5S. The van der Waals surface area contributed by atoms with Crippen LogP contribution in [0.3, 0.4) is 0 Å². The van der Waals surface area contributed by atoms with Crippen molar-refractivity contribution in [2.75, 3.05) is 7.11 Å². The van der Waals surface area contributed by atoms with Gasteiger partial charge in [0.25, 0.3) is 11.1 Å². The van der Waals surface area contributed by atoms with Gasteiger partial charge in [0.1, 0.15) is 0 Å². The minimum atomic E-state index is -0.419. The Balaban J connectivity index is 1.41. The third kappa shape index (κ3) is 3.47. The number of imide groups is 1. The molecule has 1 aromatic rings. The molecule has 0 spiro atoms. The lowest BCUT2D eigenvalue weighted by Crippen LogP contribution is -2.51. The van der Waals surface area contributed by atoms with Crippen LogP contribution in [0, 0.1) is 23.2 Å². The summed E-state index contributed by atoms with van der Waals surface area (Å²) in [4.78, 5) is 36.8. The smallest absolute Gasteiger partial charge is 0.317 e. The fourth-order valence-corrected chi connectivity index (χ4v) is 7.28. The summed E-state index contributed by atoms with van der Waals surface area (Å²) in [6, 6.07) is 3.46. The Bertz CT molecular complexity index is 953. The lowest BCUT2D eigenvalue weighted by Gasteiger charge is -2.55. The number of thioether (sulfide) groups is 1. The standard InChI is InChI=1S/C22H22BrNO5S/c1-28-16-6-11(7-17-19(25)24-21(27)30-17)5-15(23)18(16)29-20(26)22-8-12-2-13(9-22)4-14(3-12)10-22/h5-7,12-14H,2-4,8-10H2,1H3,(H,24,25,27). The van der Waals surface area contributed by atoms with Gasteiger partial charge in [-0.25, -0.2) is 0 Å². The highest BCUT2D eigenvalue weighted by Gasteiger charge is 2.55. The second kappa shape index (κ2) is 7.41. The summed E-state index contributed by atoms with van der Waals surface area (Å²) in [7, 11) is 1.52. The molecule has 1 aromatic carbocycles. The maximum absolute atomic E-state index is 13.3. The molecule has 5 aliphatic rings. The number of hydrogen-bond donors (Lipinski definition) is 1. The molecule has 5 fully saturated rings. The first-order valence-electron chi connectivity index (χ1n) is 10.2. The molecule has 6 rings (SSSR count). The van der Waals surface area contributed by atoms with Crippen LogP contribution in [-0.2, 0) is 9.59 Å². The number of ether oxygens (including phenoxy) is 2. The fraction of sp³-hybridized carbons (Fsp3) is 0.500. The van der Waals surface area contributed by atoms with E-state index < -0.39 is 11.1 Å². The monoisotopic (exact) mass is 491 g/mol. The number of nitrogens with one attached hydrogen (secondary N) is 1. The molecule has 0 unspecified atom stereocenters. The first kappa shape index (κ1) is 20.1. The first-order valence-corrected chi connectivity index (χ1v) is 11.8. The van der Waals surface area contributed by atoms with Crippen molar-refractivity contribution in [1.82, 2.24) is 5.32 Å². The van der Waals surface area contributed by atoms with Crippen LogP contribution in [0.15, 0.2) is 21.5 Å². The van der Waals surface area contributed by atoms with Crippen LogP contribution in [0.4, 0.5) is 4.79 Å². The van der Waals surface area contributed by atoms with Crippen molar-refractivity contribution in [3.63, 3.8) is 0 Å². The third-order valence-corrected chi connectivity index (χ3v) is 8.26. The van der Waals surface area contributed by atoms with E-state index in [4.69, 9.17) is 9.47 Å². The number of halogens is 1. The van der Waals surface area contributed by atoms with Crippen LogP contribution in [0.5, 0.6) is 11.5 Å². The molecule has 0 aromatic heterocycles. The molecule has 1 aliphatic heterocycles. The summed E-state index contributed by atoms with van der Waals surface area (Å²) in [5.41, 5.74) is 0.305. The largest absolute Gasteiger partial charge is 0.493 e. The van der Waals surface area contributed by atoms with Crippen molar-refractivity contribution in [1.29, 1.82) is 0 Å². The normalized spacial score (nSPS) is 33.1. The zero-order valence-corrected chi connectivity index (χ0v) is 18.9. The zero-order chi connectivity index (χ0) is 21.0. The quantitative estimate of drug-likeness (QED) is 0.366. The molecule has 1 N–H and O–H groups in total. The Morgan fingerprint density at radius 2 is 1.80 bits per heavy atom. The van der Waals surface area contributed by atoms with E-state index in [1.807, 2.05) is 0 Å². The van der Waals surface area contributed by atoms with Gasteiger partial charge >= 0.3 is 5.97 Å². The van der Waals surface area contributed by atoms with Crippen molar-refractivity contribution in [3.8, 4) is 11.5 Å². The molecule has 4 bridgehead atoms. The maximum atomic E-state index is 13.3. The van der Waals surface area contributed by atoms with Gasteiger partial charge in [-0.3, -0.25) is 19.7 Å². The van der Waals surface area contributed by atoms with Gasteiger partial charge in [-0.05, 0) is 108 Å². The number of methoxy groups -OCH3 is 1. The van der Waals surface area contributed by atoms with Gasteiger partial charge in [-0.15, -0.1) is 0 Å². The number of esters is 1. The number of hydrogen-bond acceptors (Lipinski definition) is 6. The molecule has 1 saturated heterocycles. The number of carbonyl (C=O) groups excluding carboxylic acids is 3. The second-order valence-electron chi connectivity index (χ2n) is 8.97. The summed E-state index contributed by atoms with van der Waals surface area (Å²) in [5, 5.41) is 1.84. The molecule has 0 atom stereocenters. The van der Waals surface area contributed by atoms with Crippen molar-refractivity contribution >= 4 is 50.9 Å². The third-order valence-electron chi connectivity index (χ3n) is 6.86. The Kier molecular flexibility index (Phi) is 4.97. The van der Waals surface area contributed by atoms with Gasteiger partial charge in [0.15, 0.2) is 11.5 Å². The van der Waals surface area contributed by atoms with Gasteiger partial charge < -0.3 is 9.47 Å². The SMILES string of the molecule is COc1cc(C=C2SC(=O)NC2=O)cc(Br)c1OC(=O)C12CC3CC(CC(C3)C1)C2. The van der Waals surface area contributed by atoms with Gasteiger partial charge in [0, 0.05) is 0 Å². The van der Waals surface area contributed by atoms with E-state index in [-0.39, 0.29) is 11.4 Å². The average Bonchev–Trinajstić information content (AvgIpc) is 2.99. The fourth-order valence-electron chi connectivity index (χ4n) is 6.06. The van der Waals surface area contributed by atoms with E-state index >= 15 is 0 Å². The Labute approximate surface area is 187 Å². The number of benzene rings is 1. The molecular weight excluding hydrogens is 470 g/mol. The van der Waals surface area contributed by atoms with Crippen molar-refractivity contribution in [2.45, 2.75) is 38.5 Å². The predicted molar refractivity (Wildman–Crippen MR) is 116 cm³/mol. The van der Waals surface area contributed by atoms with E-state index in [1.54, 1.807) is 18.2 Å². The van der Waals surface area contributed by atoms with Crippen LogP contribution in [0.2, 0.25) is 0 Å². The highest BCUT2D eigenvalue weighted by Crippen LogP contribution is 2.60. The van der Waals surface area contributed by atoms with E-state index in [2.05, 4.69) is 21.2 Å². The van der Waals surface area contributed by atoms with Crippen LogP contribution in [0.25, 0.3) is 6.08 Å². The van der Waals surface area contributed by atoms with E-state index in [0.29, 0.717) is 44.2 Å². The number of amides is 2. The molecule has 8 heteroatoms. The lowest BCUT2D eigenvalue weighted by molar-refractivity contribution is -0.161. The molecule has 30 heavy (non-hydrogen) atoms. The van der Waals surface area contributed by atoms with Crippen LogP contribution in [-0.4, -0.2) is 24.2 Å². The predicted octanol–water partition coefficient (Wildman–Crippen LogP) is 4.90. The number of rotatable bonds is 4. The second-order valence-corrected chi connectivity index (χ2v) is 10.8. The van der Waals surface area contributed by atoms with Crippen molar-refractivity contribution in [2.24, 2.45) is 23.2 Å². The summed E-state index contributed by atoms with van der Waals surface area (Å²) in [5.74, 6) is 2.16. The highest BCUT2D eigenvalue weighted by atomic mass is 79.9. The molecule has 6 nitrogen and oxygen atoms in total. The Morgan fingerprint density at radius 1 is 1.17 bits per heavy atom. The molecule has 158 valence electrons. The van der Waals surface area contributed by atoms with Crippen molar-refractivity contribution < 1.29 is 23.9 Å². The van der Waals surface area contributed by atoms with Crippen LogP contribution < -0.4 is 14.8 Å². The van der Waals surface area contributed by atoms with Crippen LogP contribution in [0.1, 0.15) is 44.1 Å². The first-order chi connectivity index (χ1) is 14.3. The molecule has 0 radical (unpaired) electrons. The van der Waals surface area contributed by atoms with Gasteiger partial charge in [0.05, 0.1) is 21.9 Å². The molecule has 4 saturated carbocycles. The van der Waals surface area contributed by atoms with Crippen LogP contribution >= 0.6 is 27.7 Å². The average molecular weight is 492 g/mol. The van der Waals surface area contributed by atoms with Crippen molar-refractivity contribution in [3.05, 3.63) is 27.1 Å². The number of carbonyl (C=O) groups is 3. The summed E-state index contributed by atoms with van der Waals surface area (Å²) < 4.78 is 12.0. The molecule has 1 heterocycles. The summed E-state index contributed by atoms with van der Waals surface area (Å²) in [6.45, 7) is 0. The van der Waals surface area contributed by atoms with E-state index in [1.165, 1.54) is 26.4 Å². The minimum Gasteiger partial charge on any atom is -0.493 e. The topological polar surface area (TPSA) is 81.7 Å². The Hall–Kier alpha value is -1.80. The summed E-state index contributed by atoms with van der Waals surface area (Å²) in [6.07, 6.45) is 8.20. The van der Waals surface area contributed by atoms with E-state index in [0.717, 1.165) is 31.0 Å². The minimum absolute atomic E-state index is 0.150.